The highest BCUT2D eigenvalue weighted by atomic mass is 16.5. The summed E-state index contributed by atoms with van der Waals surface area (Å²) in [5.74, 6) is 0.393. The molecule has 8 heteroatoms. The van der Waals surface area contributed by atoms with Crippen LogP contribution in [-0.4, -0.2) is 63.9 Å². The zero-order valence-corrected chi connectivity index (χ0v) is 19.5. The van der Waals surface area contributed by atoms with Gasteiger partial charge in [-0.15, -0.1) is 0 Å². The van der Waals surface area contributed by atoms with Gasteiger partial charge in [0.1, 0.15) is 17.1 Å². The van der Waals surface area contributed by atoms with Crippen molar-refractivity contribution in [2.45, 2.75) is 33.1 Å². The van der Waals surface area contributed by atoms with E-state index in [1.807, 2.05) is 44.2 Å². The Labute approximate surface area is 193 Å². The van der Waals surface area contributed by atoms with Crippen LogP contribution in [0.4, 0.5) is 0 Å². The minimum Gasteiger partial charge on any atom is -0.361 e. The second kappa shape index (κ2) is 9.13. The van der Waals surface area contributed by atoms with Crippen LogP contribution in [0.3, 0.4) is 0 Å². The summed E-state index contributed by atoms with van der Waals surface area (Å²) in [6.45, 7) is 4.72. The van der Waals surface area contributed by atoms with Crippen LogP contribution in [0.15, 0.2) is 47.2 Å². The number of likely N-dealkylation sites (tertiary alicyclic amines) is 1. The maximum Gasteiger partial charge on any atom is 0.274 e. The maximum absolute atomic E-state index is 13.4. The molecule has 1 fully saturated rings. The molecule has 4 rings (SSSR count). The van der Waals surface area contributed by atoms with Gasteiger partial charge in [-0.05, 0) is 26.7 Å². The third kappa shape index (κ3) is 4.79. The van der Waals surface area contributed by atoms with Crippen molar-refractivity contribution in [3.8, 4) is 11.3 Å². The first-order valence-corrected chi connectivity index (χ1v) is 11.1. The van der Waals surface area contributed by atoms with E-state index in [4.69, 9.17) is 4.52 Å². The highest BCUT2D eigenvalue weighted by molar-refractivity contribution is 5.93. The van der Waals surface area contributed by atoms with Crippen LogP contribution in [0.25, 0.3) is 11.3 Å². The Hall–Kier alpha value is -3.55. The van der Waals surface area contributed by atoms with Gasteiger partial charge in [0.25, 0.3) is 5.91 Å². The molecule has 1 aliphatic rings. The summed E-state index contributed by atoms with van der Waals surface area (Å²) in [6, 6.07) is 9.95. The van der Waals surface area contributed by atoms with Crippen molar-refractivity contribution in [3.05, 3.63) is 65.4 Å². The number of carbonyl (C=O) groups is 2. The SMILES string of the molecule is Cc1ccc(-c2cc(C[C@@]3(C(=O)N(C)C)CCCN(C(=O)c4cnc(C)cn4)C3)on2)cc1. The maximum atomic E-state index is 13.4. The molecule has 172 valence electrons. The number of carbonyl (C=O) groups excluding carboxylic acids is 2. The van der Waals surface area contributed by atoms with Gasteiger partial charge in [0.15, 0.2) is 0 Å². The molecule has 3 aromatic rings. The van der Waals surface area contributed by atoms with Crippen LogP contribution < -0.4 is 0 Å². The van der Waals surface area contributed by atoms with Crippen molar-refractivity contribution in [3.63, 3.8) is 0 Å². The summed E-state index contributed by atoms with van der Waals surface area (Å²) in [6.07, 6.45) is 4.81. The molecular formula is C25H29N5O3. The average molecular weight is 448 g/mol. The topological polar surface area (TPSA) is 92.4 Å². The van der Waals surface area contributed by atoms with Crippen molar-refractivity contribution >= 4 is 11.8 Å². The molecule has 0 spiro atoms. The Kier molecular flexibility index (Phi) is 6.26. The monoisotopic (exact) mass is 447 g/mol. The van der Waals surface area contributed by atoms with E-state index in [9.17, 15) is 9.59 Å². The first-order chi connectivity index (χ1) is 15.8. The number of aryl methyl sites for hydroxylation is 2. The summed E-state index contributed by atoms with van der Waals surface area (Å²) in [5, 5.41) is 4.23. The number of nitrogens with zero attached hydrogens (tertiary/aromatic N) is 5. The molecule has 0 unspecified atom stereocenters. The second-order valence-corrected chi connectivity index (χ2v) is 9.07. The van der Waals surface area contributed by atoms with E-state index in [0.29, 0.717) is 38.1 Å². The van der Waals surface area contributed by atoms with Crippen LogP contribution in [0.1, 0.15) is 40.3 Å². The highest BCUT2D eigenvalue weighted by Gasteiger charge is 2.45. The van der Waals surface area contributed by atoms with Gasteiger partial charge in [0.05, 0.1) is 17.3 Å². The fraction of sp³-hybridized carbons (Fsp3) is 0.400. The second-order valence-electron chi connectivity index (χ2n) is 9.07. The van der Waals surface area contributed by atoms with Gasteiger partial charge in [-0.3, -0.25) is 14.6 Å². The molecule has 1 atom stereocenters. The molecule has 3 heterocycles. The molecule has 1 saturated heterocycles. The number of benzene rings is 1. The van der Waals surface area contributed by atoms with Gasteiger partial charge in [-0.2, -0.15) is 0 Å². The standard InChI is InChI=1S/C25H29N5O3/c1-17-6-8-19(9-7-17)21-12-20(33-28-21)13-25(24(32)29(3)4)10-5-11-30(16-25)23(31)22-15-26-18(2)14-27-22/h6-9,12,14-15H,5,10-11,13,16H2,1-4H3/t25-/m0/s1. The van der Waals surface area contributed by atoms with E-state index in [-0.39, 0.29) is 17.5 Å². The lowest BCUT2D eigenvalue weighted by molar-refractivity contribution is -0.142. The zero-order valence-electron chi connectivity index (χ0n) is 19.5. The smallest absolute Gasteiger partial charge is 0.274 e. The third-order valence-corrected chi connectivity index (χ3v) is 6.14. The largest absolute Gasteiger partial charge is 0.361 e. The Morgan fingerprint density at radius 1 is 1.12 bits per heavy atom. The summed E-state index contributed by atoms with van der Waals surface area (Å²) < 4.78 is 5.65. The molecule has 8 nitrogen and oxygen atoms in total. The molecule has 0 radical (unpaired) electrons. The number of rotatable bonds is 5. The van der Waals surface area contributed by atoms with Crippen molar-refractivity contribution in [2.75, 3.05) is 27.2 Å². The van der Waals surface area contributed by atoms with E-state index < -0.39 is 5.41 Å². The summed E-state index contributed by atoms with van der Waals surface area (Å²) in [7, 11) is 3.49. The first kappa shape index (κ1) is 22.6. The number of hydrogen-bond donors (Lipinski definition) is 0. The summed E-state index contributed by atoms with van der Waals surface area (Å²) >= 11 is 0. The fourth-order valence-corrected chi connectivity index (χ4v) is 4.43. The Balaban J connectivity index is 1.60. The number of hydrogen-bond acceptors (Lipinski definition) is 6. The molecule has 0 bridgehead atoms. The Bertz CT molecular complexity index is 1140. The van der Waals surface area contributed by atoms with Crippen LogP contribution in [0, 0.1) is 19.3 Å². The van der Waals surface area contributed by atoms with Gasteiger partial charge < -0.3 is 14.3 Å². The third-order valence-electron chi connectivity index (χ3n) is 6.14. The molecule has 1 aliphatic heterocycles. The van der Waals surface area contributed by atoms with Gasteiger partial charge >= 0.3 is 0 Å². The van der Waals surface area contributed by atoms with Crippen LogP contribution in [0.2, 0.25) is 0 Å². The van der Waals surface area contributed by atoms with E-state index in [1.54, 1.807) is 30.1 Å². The van der Waals surface area contributed by atoms with Crippen molar-refractivity contribution in [1.29, 1.82) is 0 Å². The molecule has 2 aromatic heterocycles. The number of aromatic nitrogens is 3. The van der Waals surface area contributed by atoms with Crippen molar-refractivity contribution < 1.29 is 14.1 Å². The van der Waals surface area contributed by atoms with Gasteiger partial charge in [-0.1, -0.05) is 35.0 Å². The molecule has 1 aromatic carbocycles. The zero-order chi connectivity index (χ0) is 23.6. The van der Waals surface area contributed by atoms with Gasteiger partial charge in [0.2, 0.25) is 5.91 Å². The van der Waals surface area contributed by atoms with Crippen LogP contribution >= 0.6 is 0 Å². The van der Waals surface area contributed by atoms with Crippen LogP contribution in [-0.2, 0) is 11.2 Å². The lowest BCUT2D eigenvalue weighted by Crippen LogP contribution is -2.54. The Morgan fingerprint density at radius 2 is 1.88 bits per heavy atom. The van der Waals surface area contributed by atoms with E-state index in [0.717, 1.165) is 17.0 Å². The first-order valence-electron chi connectivity index (χ1n) is 11.1. The Morgan fingerprint density at radius 3 is 2.55 bits per heavy atom. The molecule has 0 aliphatic carbocycles. The quantitative estimate of drug-likeness (QED) is 0.596. The summed E-state index contributed by atoms with van der Waals surface area (Å²) in [4.78, 5) is 38.2. The normalized spacial score (nSPS) is 18.2. The number of piperidine rings is 1. The fourth-order valence-electron chi connectivity index (χ4n) is 4.43. The minimum absolute atomic E-state index is 0.0247. The predicted molar refractivity (Wildman–Crippen MR) is 123 cm³/mol. The van der Waals surface area contributed by atoms with E-state index >= 15 is 0 Å². The van der Waals surface area contributed by atoms with Crippen molar-refractivity contribution in [2.24, 2.45) is 5.41 Å². The molecule has 0 saturated carbocycles. The molecule has 33 heavy (non-hydrogen) atoms. The van der Waals surface area contributed by atoms with Gasteiger partial charge in [-0.25, -0.2) is 4.98 Å². The van der Waals surface area contributed by atoms with Gasteiger partial charge in [0, 0.05) is 51.4 Å². The van der Waals surface area contributed by atoms with Crippen LogP contribution in [0.5, 0.6) is 0 Å². The summed E-state index contributed by atoms with van der Waals surface area (Å²) in [5.41, 5.74) is 3.10. The minimum atomic E-state index is -0.792. The van der Waals surface area contributed by atoms with E-state index in [2.05, 4.69) is 15.1 Å². The van der Waals surface area contributed by atoms with E-state index in [1.165, 1.54) is 11.8 Å². The lowest BCUT2D eigenvalue weighted by atomic mass is 9.75. The number of amides is 2. The highest BCUT2D eigenvalue weighted by Crippen LogP contribution is 2.37. The van der Waals surface area contributed by atoms with Crippen molar-refractivity contribution in [1.82, 2.24) is 24.9 Å². The lowest BCUT2D eigenvalue weighted by Gasteiger charge is -2.42. The average Bonchev–Trinajstić information content (AvgIpc) is 3.27. The molecule has 0 N–H and O–H groups in total. The molecule has 2 amide bonds. The molecular weight excluding hydrogens is 418 g/mol. The predicted octanol–water partition coefficient (Wildman–Crippen LogP) is 3.30.